The Morgan fingerprint density at radius 2 is 1.79 bits per heavy atom. The molecule has 0 aliphatic carbocycles. The number of hydrogen-bond acceptors (Lipinski definition) is 4. The van der Waals surface area contributed by atoms with Crippen molar-refractivity contribution in [2.75, 3.05) is 18.4 Å². The molecule has 1 aliphatic rings. The summed E-state index contributed by atoms with van der Waals surface area (Å²) in [5, 5.41) is 3.39. The van der Waals surface area contributed by atoms with Gasteiger partial charge in [-0.1, -0.05) is 60.7 Å². The summed E-state index contributed by atoms with van der Waals surface area (Å²) < 4.78 is 13.5. The Morgan fingerprint density at radius 3 is 2.59 bits per heavy atom. The molecule has 0 radical (unpaired) electrons. The summed E-state index contributed by atoms with van der Waals surface area (Å²) in [4.78, 5) is 35.0. The van der Waals surface area contributed by atoms with E-state index in [4.69, 9.17) is 4.98 Å². The van der Waals surface area contributed by atoms with Gasteiger partial charge < -0.3 is 10.3 Å². The van der Waals surface area contributed by atoms with E-state index in [0.29, 0.717) is 23.1 Å². The fraction of sp³-hybridized carbons (Fsp3) is 0.156. The first-order valence-corrected chi connectivity index (χ1v) is 13.0. The zero-order valence-electron chi connectivity index (χ0n) is 21.2. The van der Waals surface area contributed by atoms with Crippen LogP contribution in [0.15, 0.2) is 102 Å². The lowest BCUT2D eigenvalue weighted by molar-refractivity contribution is -0.119. The average Bonchev–Trinajstić information content (AvgIpc) is 3.42. The molecule has 0 bridgehead atoms. The van der Waals surface area contributed by atoms with Crippen LogP contribution in [0.2, 0.25) is 0 Å². The van der Waals surface area contributed by atoms with Gasteiger partial charge in [0.15, 0.2) is 0 Å². The van der Waals surface area contributed by atoms with Gasteiger partial charge in [-0.3, -0.25) is 14.5 Å². The maximum absolute atomic E-state index is 13.5. The molecule has 1 amide bonds. The maximum atomic E-state index is 13.5. The Bertz CT molecular complexity index is 1700. The van der Waals surface area contributed by atoms with Crippen molar-refractivity contribution in [2.24, 2.45) is 5.92 Å². The largest absolute Gasteiger partial charge is 0.328 e. The lowest BCUT2D eigenvalue weighted by Crippen LogP contribution is -2.27. The van der Waals surface area contributed by atoms with E-state index in [1.54, 1.807) is 18.3 Å². The predicted octanol–water partition coefficient (Wildman–Crippen LogP) is 5.86. The van der Waals surface area contributed by atoms with E-state index in [-0.39, 0.29) is 23.2 Å². The maximum Gasteiger partial charge on any atom is 0.257 e. The molecule has 2 N–H and O–H groups in total. The third kappa shape index (κ3) is 5.35. The standard InChI is InChI=1S/C32H27FN4O2/c33-25-7-4-8-26(17-25)35-31(38)24-14-16-37(20-24)19-21-9-11-23(12-10-21)30-27(22-5-2-1-3-6-22)18-28-29(36-30)13-15-34-32(28)39/h1-13,15,17-18,24H,14,16,19-20H2,(H,34,39)(H,35,38). The number of nitrogens with one attached hydrogen (secondary N) is 2. The summed E-state index contributed by atoms with van der Waals surface area (Å²) >= 11 is 0. The quantitative estimate of drug-likeness (QED) is 0.295. The van der Waals surface area contributed by atoms with Gasteiger partial charge in [0.25, 0.3) is 5.56 Å². The number of nitrogens with zero attached hydrogens (tertiary/aromatic N) is 2. The second-order valence-electron chi connectivity index (χ2n) is 9.91. The molecule has 3 heterocycles. The van der Waals surface area contributed by atoms with Gasteiger partial charge in [0.05, 0.1) is 22.5 Å². The van der Waals surface area contributed by atoms with Crippen molar-refractivity contribution >= 4 is 22.5 Å². The van der Waals surface area contributed by atoms with Crippen molar-refractivity contribution in [3.63, 3.8) is 0 Å². The third-order valence-corrected chi connectivity index (χ3v) is 7.21. The summed E-state index contributed by atoms with van der Waals surface area (Å²) in [6, 6.07) is 28.0. The molecule has 7 heteroatoms. The zero-order valence-corrected chi connectivity index (χ0v) is 21.2. The Labute approximate surface area is 225 Å². The predicted molar refractivity (Wildman–Crippen MR) is 152 cm³/mol. The number of H-pyrrole nitrogens is 1. The van der Waals surface area contributed by atoms with Crippen LogP contribution < -0.4 is 10.9 Å². The number of fused-ring (bicyclic) bond motifs is 1. The number of benzene rings is 3. The van der Waals surface area contributed by atoms with E-state index in [0.717, 1.165) is 47.5 Å². The van der Waals surface area contributed by atoms with E-state index >= 15 is 0 Å². The molecule has 3 aromatic carbocycles. The van der Waals surface area contributed by atoms with Crippen molar-refractivity contribution in [2.45, 2.75) is 13.0 Å². The van der Waals surface area contributed by atoms with Gasteiger partial charge in [-0.15, -0.1) is 0 Å². The molecular weight excluding hydrogens is 491 g/mol. The molecule has 1 fully saturated rings. The molecule has 6 rings (SSSR count). The number of amides is 1. The Hall–Kier alpha value is -4.62. The van der Waals surface area contributed by atoms with Crippen LogP contribution in [0.5, 0.6) is 0 Å². The summed E-state index contributed by atoms with van der Waals surface area (Å²) in [6.45, 7) is 2.21. The minimum Gasteiger partial charge on any atom is -0.328 e. The summed E-state index contributed by atoms with van der Waals surface area (Å²) in [5.74, 6) is -0.577. The van der Waals surface area contributed by atoms with Gasteiger partial charge >= 0.3 is 0 Å². The number of halogens is 1. The molecule has 6 nitrogen and oxygen atoms in total. The molecule has 1 unspecified atom stereocenters. The van der Waals surface area contributed by atoms with Crippen LogP contribution in [-0.4, -0.2) is 33.9 Å². The number of anilines is 1. The minimum absolute atomic E-state index is 0.0758. The SMILES string of the molecule is O=C(Nc1cccc(F)c1)C1CCN(Cc2ccc(-c3nc4cc[nH]c(=O)c4cc3-c3ccccc3)cc2)C1. The molecular formula is C32H27FN4O2. The van der Waals surface area contributed by atoms with E-state index in [1.807, 2.05) is 42.5 Å². The van der Waals surface area contributed by atoms with Crippen LogP contribution in [0.4, 0.5) is 10.1 Å². The zero-order chi connectivity index (χ0) is 26.8. The number of pyridine rings is 2. The van der Waals surface area contributed by atoms with Crippen LogP contribution in [0, 0.1) is 11.7 Å². The Balaban J connectivity index is 1.19. The second kappa shape index (κ2) is 10.6. The fourth-order valence-corrected chi connectivity index (χ4v) is 5.20. The van der Waals surface area contributed by atoms with E-state index < -0.39 is 0 Å². The van der Waals surface area contributed by atoms with Crippen LogP contribution in [0.1, 0.15) is 12.0 Å². The lowest BCUT2D eigenvalue weighted by atomic mass is 9.97. The van der Waals surface area contributed by atoms with Gasteiger partial charge in [-0.2, -0.15) is 0 Å². The average molecular weight is 519 g/mol. The highest BCUT2D eigenvalue weighted by atomic mass is 19.1. The highest BCUT2D eigenvalue weighted by molar-refractivity contribution is 5.93. The van der Waals surface area contributed by atoms with Crippen molar-refractivity contribution in [1.29, 1.82) is 0 Å². The first-order valence-electron chi connectivity index (χ1n) is 13.0. The lowest BCUT2D eigenvalue weighted by Gasteiger charge is -2.17. The number of aromatic nitrogens is 2. The molecule has 2 aromatic heterocycles. The summed E-state index contributed by atoms with van der Waals surface area (Å²) in [6.07, 6.45) is 2.38. The molecule has 1 aliphatic heterocycles. The minimum atomic E-state index is -0.368. The van der Waals surface area contributed by atoms with Gasteiger partial charge in [0.1, 0.15) is 5.82 Å². The first kappa shape index (κ1) is 24.7. The second-order valence-corrected chi connectivity index (χ2v) is 9.91. The van der Waals surface area contributed by atoms with Crippen molar-refractivity contribution in [3.05, 3.63) is 119 Å². The smallest absolute Gasteiger partial charge is 0.257 e. The van der Waals surface area contributed by atoms with Gasteiger partial charge in [-0.25, -0.2) is 9.37 Å². The monoisotopic (exact) mass is 518 g/mol. The van der Waals surface area contributed by atoms with Crippen molar-refractivity contribution in [3.8, 4) is 22.4 Å². The van der Waals surface area contributed by atoms with Crippen LogP contribution >= 0.6 is 0 Å². The summed E-state index contributed by atoms with van der Waals surface area (Å²) in [5.41, 5.74) is 5.80. The number of rotatable bonds is 6. The van der Waals surface area contributed by atoms with E-state index in [2.05, 4.69) is 39.5 Å². The molecule has 1 atom stereocenters. The van der Waals surface area contributed by atoms with Gasteiger partial charge in [0.2, 0.25) is 5.91 Å². The molecule has 5 aromatic rings. The van der Waals surface area contributed by atoms with Crippen molar-refractivity contribution in [1.82, 2.24) is 14.9 Å². The van der Waals surface area contributed by atoms with Gasteiger partial charge in [-0.05, 0) is 54.4 Å². The van der Waals surface area contributed by atoms with E-state index in [1.165, 1.54) is 12.1 Å². The topological polar surface area (TPSA) is 78.1 Å². The number of carbonyl (C=O) groups is 1. The van der Waals surface area contributed by atoms with Crippen molar-refractivity contribution < 1.29 is 9.18 Å². The molecule has 0 saturated carbocycles. The molecule has 1 saturated heterocycles. The highest BCUT2D eigenvalue weighted by Gasteiger charge is 2.28. The Morgan fingerprint density at radius 1 is 0.974 bits per heavy atom. The number of hydrogen-bond donors (Lipinski definition) is 2. The number of likely N-dealkylation sites (tertiary alicyclic amines) is 1. The molecule has 39 heavy (non-hydrogen) atoms. The molecule has 0 spiro atoms. The van der Waals surface area contributed by atoms with E-state index in [9.17, 15) is 14.0 Å². The first-order chi connectivity index (χ1) is 19.0. The highest BCUT2D eigenvalue weighted by Crippen LogP contribution is 2.33. The normalized spacial score (nSPS) is 15.5. The fourth-order valence-electron chi connectivity index (χ4n) is 5.20. The number of carbonyl (C=O) groups excluding carboxylic acids is 1. The summed E-state index contributed by atoms with van der Waals surface area (Å²) in [7, 11) is 0. The Kier molecular flexibility index (Phi) is 6.73. The number of aromatic amines is 1. The van der Waals surface area contributed by atoms with Crippen LogP contribution in [0.25, 0.3) is 33.3 Å². The van der Waals surface area contributed by atoms with Crippen LogP contribution in [0.3, 0.4) is 0 Å². The van der Waals surface area contributed by atoms with Crippen LogP contribution in [-0.2, 0) is 11.3 Å². The third-order valence-electron chi connectivity index (χ3n) is 7.21. The van der Waals surface area contributed by atoms with Gasteiger partial charge in [0, 0.05) is 36.1 Å². The molecule has 194 valence electrons.